The SMILES string of the molecule is O=S(=O)(N1Cc2ccccc2N(Cc2cc3c(cn2)CCCN3)[C@H](CCc2ccccc2)C1)C(F)(F)F. The summed E-state index contributed by atoms with van der Waals surface area (Å²) < 4.78 is 66.7. The first-order chi connectivity index (χ1) is 17.7. The van der Waals surface area contributed by atoms with Crippen LogP contribution < -0.4 is 10.2 Å². The zero-order valence-electron chi connectivity index (χ0n) is 20.3. The second-order valence-electron chi connectivity index (χ2n) is 9.54. The molecule has 0 spiro atoms. The number of rotatable bonds is 6. The molecule has 0 amide bonds. The summed E-state index contributed by atoms with van der Waals surface area (Å²) in [5, 5.41) is 3.40. The molecule has 196 valence electrons. The normalized spacial score (nSPS) is 18.5. The minimum absolute atomic E-state index is 0.271. The summed E-state index contributed by atoms with van der Waals surface area (Å²) in [7, 11) is -5.51. The van der Waals surface area contributed by atoms with Gasteiger partial charge in [0, 0.05) is 43.2 Å². The van der Waals surface area contributed by atoms with E-state index in [2.05, 4.69) is 10.3 Å². The molecule has 37 heavy (non-hydrogen) atoms. The molecule has 0 aliphatic carbocycles. The van der Waals surface area contributed by atoms with Crippen molar-refractivity contribution in [2.24, 2.45) is 0 Å². The van der Waals surface area contributed by atoms with Crippen LogP contribution in [0.5, 0.6) is 0 Å². The number of hydrogen-bond donors (Lipinski definition) is 1. The summed E-state index contributed by atoms with van der Waals surface area (Å²) in [5.41, 5.74) is -0.106. The molecule has 0 fully saturated rings. The molecule has 3 aromatic rings. The van der Waals surface area contributed by atoms with Crippen molar-refractivity contribution < 1.29 is 21.6 Å². The van der Waals surface area contributed by atoms with E-state index in [9.17, 15) is 21.6 Å². The van der Waals surface area contributed by atoms with E-state index >= 15 is 0 Å². The van der Waals surface area contributed by atoms with Crippen LogP contribution in [-0.2, 0) is 36.0 Å². The predicted octanol–water partition coefficient (Wildman–Crippen LogP) is 5.11. The summed E-state index contributed by atoms with van der Waals surface area (Å²) >= 11 is 0. The second-order valence-corrected chi connectivity index (χ2v) is 11.5. The first-order valence-electron chi connectivity index (χ1n) is 12.4. The Bertz CT molecular complexity index is 1350. The quantitative estimate of drug-likeness (QED) is 0.480. The van der Waals surface area contributed by atoms with E-state index in [4.69, 9.17) is 0 Å². The van der Waals surface area contributed by atoms with Gasteiger partial charge in [-0.3, -0.25) is 4.98 Å². The zero-order chi connectivity index (χ0) is 26.0. The highest BCUT2D eigenvalue weighted by molar-refractivity contribution is 7.89. The Hall–Kier alpha value is -3.11. The van der Waals surface area contributed by atoms with Crippen LogP contribution in [0.3, 0.4) is 0 Å². The molecule has 2 aliphatic rings. The highest BCUT2D eigenvalue weighted by atomic mass is 32.2. The Morgan fingerprint density at radius 2 is 1.78 bits per heavy atom. The Kier molecular flexibility index (Phi) is 7.13. The molecule has 3 heterocycles. The number of alkyl halides is 3. The number of benzene rings is 2. The van der Waals surface area contributed by atoms with Gasteiger partial charge in [0.15, 0.2) is 0 Å². The number of hydrogen-bond acceptors (Lipinski definition) is 5. The van der Waals surface area contributed by atoms with E-state index in [-0.39, 0.29) is 13.1 Å². The molecular weight excluding hydrogens is 501 g/mol. The van der Waals surface area contributed by atoms with Crippen LogP contribution in [-0.4, -0.2) is 42.3 Å². The van der Waals surface area contributed by atoms with Crippen LogP contribution >= 0.6 is 0 Å². The summed E-state index contributed by atoms with van der Waals surface area (Å²) in [6.45, 7) is 0.625. The van der Waals surface area contributed by atoms with Crippen LogP contribution in [0.1, 0.15) is 35.2 Å². The minimum Gasteiger partial charge on any atom is -0.385 e. The summed E-state index contributed by atoms with van der Waals surface area (Å²) in [5.74, 6) is 0. The maximum Gasteiger partial charge on any atom is 0.511 e. The lowest BCUT2D eigenvalue weighted by Crippen LogP contribution is -2.47. The van der Waals surface area contributed by atoms with Gasteiger partial charge in [0.25, 0.3) is 0 Å². The first kappa shape index (κ1) is 25.5. The highest BCUT2D eigenvalue weighted by Crippen LogP contribution is 2.36. The number of aromatic nitrogens is 1. The van der Waals surface area contributed by atoms with Crippen molar-refractivity contribution in [2.45, 2.75) is 50.3 Å². The summed E-state index contributed by atoms with van der Waals surface area (Å²) in [4.78, 5) is 6.69. The van der Waals surface area contributed by atoms with Gasteiger partial charge in [-0.05, 0) is 54.5 Å². The molecule has 1 aromatic heterocycles. The fourth-order valence-electron chi connectivity index (χ4n) is 5.13. The first-order valence-corrected chi connectivity index (χ1v) is 13.8. The van der Waals surface area contributed by atoms with E-state index in [0.29, 0.717) is 29.3 Å². The third-order valence-corrected chi connectivity index (χ3v) is 8.60. The van der Waals surface area contributed by atoms with Gasteiger partial charge in [0.1, 0.15) is 0 Å². The maximum atomic E-state index is 13.6. The van der Waals surface area contributed by atoms with Gasteiger partial charge in [-0.2, -0.15) is 17.5 Å². The topological polar surface area (TPSA) is 65.5 Å². The zero-order valence-corrected chi connectivity index (χ0v) is 21.1. The number of fused-ring (bicyclic) bond motifs is 2. The lowest BCUT2D eigenvalue weighted by molar-refractivity contribution is -0.0492. The fraction of sp³-hybridized carbons (Fsp3) is 0.370. The predicted molar refractivity (Wildman–Crippen MR) is 138 cm³/mol. The number of halogens is 3. The highest BCUT2D eigenvalue weighted by Gasteiger charge is 2.51. The standard InChI is InChI=1S/C27H29F3N4O2S/c28-27(29,30)37(35,36)33-17-22-9-4-5-11-26(22)34(24(19-33)13-12-20-7-2-1-3-8-20)18-23-15-25-21(16-32-23)10-6-14-31-25/h1-5,7-9,11,15-16,24,31H,6,10,12-14,17-19H2/t24-/m1/s1. The van der Waals surface area contributed by atoms with E-state index in [0.717, 1.165) is 47.6 Å². The molecule has 0 radical (unpaired) electrons. The van der Waals surface area contributed by atoms with Gasteiger partial charge in [0.05, 0.1) is 12.2 Å². The van der Waals surface area contributed by atoms with Crippen molar-refractivity contribution in [3.05, 3.63) is 89.2 Å². The Labute approximate surface area is 215 Å². The molecule has 0 saturated carbocycles. The number of nitrogens with zero attached hydrogens (tertiary/aromatic N) is 3. The average Bonchev–Trinajstić information content (AvgIpc) is 3.04. The van der Waals surface area contributed by atoms with Crippen molar-refractivity contribution in [1.82, 2.24) is 9.29 Å². The number of pyridine rings is 1. The molecule has 5 rings (SSSR count). The van der Waals surface area contributed by atoms with E-state index in [1.165, 1.54) is 0 Å². The van der Waals surface area contributed by atoms with Gasteiger partial charge >= 0.3 is 15.5 Å². The van der Waals surface area contributed by atoms with Crippen molar-refractivity contribution >= 4 is 21.4 Å². The van der Waals surface area contributed by atoms with Crippen LogP contribution in [0.4, 0.5) is 24.5 Å². The van der Waals surface area contributed by atoms with Gasteiger partial charge in [-0.25, -0.2) is 8.42 Å². The van der Waals surface area contributed by atoms with Crippen LogP contribution in [0, 0.1) is 0 Å². The molecule has 6 nitrogen and oxygen atoms in total. The van der Waals surface area contributed by atoms with Crippen LogP contribution in [0.15, 0.2) is 66.9 Å². The number of para-hydroxylation sites is 1. The lowest BCUT2D eigenvalue weighted by atomic mass is 10.0. The fourth-order valence-corrected chi connectivity index (χ4v) is 6.10. The monoisotopic (exact) mass is 530 g/mol. The molecule has 2 aliphatic heterocycles. The second kappa shape index (κ2) is 10.3. The van der Waals surface area contributed by atoms with Crippen molar-refractivity contribution in [3.63, 3.8) is 0 Å². The smallest absolute Gasteiger partial charge is 0.385 e. The van der Waals surface area contributed by atoms with E-state index in [1.807, 2.05) is 59.6 Å². The third-order valence-electron chi connectivity index (χ3n) is 7.06. The van der Waals surface area contributed by atoms with E-state index in [1.54, 1.807) is 12.1 Å². The molecule has 1 atom stereocenters. The maximum absolute atomic E-state index is 13.6. The summed E-state index contributed by atoms with van der Waals surface area (Å²) in [6, 6.07) is 18.3. The lowest BCUT2D eigenvalue weighted by Gasteiger charge is -2.34. The van der Waals surface area contributed by atoms with Gasteiger partial charge < -0.3 is 10.2 Å². The Balaban J connectivity index is 1.53. The number of nitrogens with one attached hydrogen (secondary N) is 1. The molecule has 0 bridgehead atoms. The largest absolute Gasteiger partial charge is 0.511 e. The summed E-state index contributed by atoms with van der Waals surface area (Å²) in [6.07, 6.45) is 4.93. The van der Waals surface area contributed by atoms with Crippen LogP contribution in [0.2, 0.25) is 0 Å². The van der Waals surface area contributed by atoms with Gasteiger partial charge in [-0.1, -0.05) is 48.5 Å². The Morgan fingerprint density at radius 3 is 2.57 bits per heavy atom. The van der Waals surface area contributed by atoms with Gasteiger partial charge in [0.2, 0.25) is 0 Å². The van der Waals surface area contributed by atoms with Crippen molar-refractivity contribution in [3.8, 4) is 0 Å². The molecule has 1 N–H and O–H groups in total. The minimum atomic E-state index is -5.51. The molecule has 2 aromatic carbocycles. The molecular formula is C27H29F3N4O2S. The number of anilines is 2. The number of sulfonamides is 1. The van der Waals surface area contributed by atoms with Crippen molar-refractivity contribution in [2.75, 3.05) is 23.3 Å². The van der Waals surface area contributed by atoms with Gasteiger partial charge in [-0.15, -0.1) is 0 Å². The van der Waals surface area contributed by atoms with Crippen molar-refractivity contribution in [1.29, 1.82) is 0 Å². The number of aryl methyl sites for hydroxylation is 2. The molecule has 0 unspecified atom stereocenters. The van der Waals surface area contributed by atoms with Crippen LogP contribution in [0.25, 0.3) is 0 Å². The average molecular weight is 531 g/mol. The molecule has 0 saturated heterocycles. The van der Waals surface area contributed by atoms with E-state index < -0.39 is 21.6 Å². The third kappa shape index (κ3) is 5.45. The molecule has 10 heteroatoms. The Morgan fingerprint density at radius 1 is 1.03 bits per heavy atom.